The lowest BCUT2D eigenvalue weighted by molar-refractivity contribution is 0.816. The third kappa shape index (κ3) is 1.71. The van der Waals surface area contributed by atoms with Gasteiger partial charge in [0.1, 0.15) is 0 Å². The summed E-state index contributed by atoms with van der Waals surface area (Å²) in [6.07, 6.45) is 3.55. The Morgan fingerprint density at radius 2 is 1.65 bits per heavy atom. The Hall–Kier alpha value is -2.43. The van der Waals surface area contributed by atoms with Crippen molar-refractivity contribution in [3.05, 3.63) is 42.5 Å². The predicted molar refractivity (Wildman–Crippen MR) is 63.1 cm³/mol. The van der Waals surface area contributed by atoms with Crippen LogP contribution >= 0.6 is 0 Å². The van der Waals surface area contributed by atoms with Gasteiger partial charge in [-0.15, -0.1) is 20.4 Å². The number of benzene rings is 1. The van der Waals surface area contributed by atoms with E-state index in [2.05, 4.69) is 25.4 Å². The molecule has 0 atom stereocenters. The summed E-state index contributed by atoms with van der Waals surface area (Å²) < 4.78 is 0. The molecule has 0 bridgehead atoms. The van der Waals surface area contributed by atoms with Crippen LogP contribution in [-0.4, -0.2) is 25.4 Å². The zero-order valence-electron chi connectivity index (χ0n) is 9.20. The first kappa shape index (κ1) is 9.77. The number of aryl methyl sites for hydroxylation is 1. The van der Waals surface area contributed by atoms with Gasteiger partial charge in [0.25, 0.3) is 0 Å². The summed E-state index contributed by atoms with van der Waals surface area (Å²) in [7, 11) is 0. The van der Waals surface area contributed by atoms with Crippen LogP contribution in [0.5, 0.6) is 0 Å². The molecule has 0 aliphatic rings. The van der Waals surface area contributed by atoms with E-state index in [0.29, 0.717) is 11.6 Å². The number of nitrogens with zero attached hydrogens (tertiary/aromatic N) is 5. The normalized spacial score (nSPS) is 10.6. The number of rotatable bonds is 1. The van der Waals surface area contributed by atoms with Gasteiger partial charge in [0.2, 0.25) is 5.82 Å². The Balaban J connectivity index is 2.27. The van der Waals surface area contributed by atoms with Crippen molar-refractivity contribution in [2.45, 2.75) is 6.92 Å². The summed E-state index contributed by atoms with van der Waals surface area (Å²) in [5.74, 6) is 1.06. The molecule has 17 heavy (non-hydrogen) atoms. The topological polar surface area (TPSA) is 64.5 Å². The highest BCUT2D eigenvalue weighted by Crippen LogP contribution is 2.23. The maximum atomic E-state index is 4.18. The van der Waals surface area contributed by atoms with Gasteiger partial charge in [-0.25, -0.2) is 0 Å². The van der Waals surface area contributed by atoms with Crippen molar-refractivity contribution in [2.24, 2.45) is 0 Å². The Bertz CT molecular complexity index is 658. The van der Waals surface area contributed by atoms with E-state index in [0.717, 1.165) is 16.3 Å². The van der Waals surface area contributed by atoms with Gasteiger partial charge in [0.05, 0.1) is 0 Å². The van der Waals surface area contributed by atoms with Crippen LogP contribution in [0.25, 0.3) is 22.2 Å². The minimum Gasteiger partial charge on any atom is -0.263 e. The SMILES string of the molecule is Cc1nnc(-c2cncc3ccccc23)nn1. The Kier molecular flexibility index (Phi) is 2.22. The molecule has 5 nitrogen and oxygen atoms in total. The number of hydrogen-bond acceptors (Lipinski definition) is 5. The van der Waals surface area contributed by atoms with E-state index in [9.17, 15) is 0 Å². The number of aromatic nitrogens is 5. The molecule has 2 aromatic heterocycles. The van der Waals surface area contributed by atoms with Crippen LogP contribution in [0.3, 0.4) is 0 Å². The molecule has 0 aliphatic heterocycles. The summed E-state index contributed by atoms with van der Waals surface area (Å²) in [5, 5.41) is 18.0. The number of hydrogen-bond donors (Lipinski definition) is 0. The summed E-state index contributed by atoms with van der Waals surface area (Å²) in [6, 6.07) is 7.96. The molecule has 0 radical (unpaired) electrons. The van der Waals surface area contributed by atoms with Crippen molar-refractivity contribution in [1.82, 2.24) is 25.4 Å². The first-order chi connectivity index (χ1) is 8.34. The van der Waals surface area contributed by atoms with Crippen LogP contribution < -0.4 is 0 Å². The molecular formula is C12H9N5. The van der Waals surface area contributed by atoms with E-state index in [-0.39, 0.29) is 0 Å². The second-order valence-corrected chi connectivity index (χ2v) is 3.68. The minimum atomic E-state index is 0.500. The lowest BCUT2D eigenvalue weighted by Gasteiger charge is -2.02. The smallest absolute Gasteiger partial charge is 0.205 e. The van der Waals surface area contributed by atoms with Crippen molar-refractivity contribution in [3.8, 4) is 11.4 Å². The average molecular weight is 223 g/mol. The first-order valence-corrected chi connectivity index (χ1v) is 5.22. The summed E-state index contributed by atoms with van der Waals surface area (Å²) >= 11 is 0. The third-order valence-electron chi connectivity index (χ3n) is 2.49. The Labute approximate surface area is 97.6 Å². The Morgan fingerprint density at radius 3 is 2.47 bits per heavy atom. The lowest BCUT2D eigenvalue weighted by atomic mass is 10.1. The lowest BCUT2D eigenvalue weighted by Crippen LogP contribution is -1.99. The fraction of sp³-hybridized carbons (Fsp3) is 0.0833. The van der Waals surface area contributed by atoms with Gasteiger partial charge in [-0.05, 0) is 12.3 Å². The fourth-order valence-electron chi connectivity index (χ4n) is 1.68. The zero-order valence-corrected chi connectivity index (χ0v) is 9.20. The molecule has 3 rings (SSSR count). The zero-order chi connectivity index (χ0) is 11.7. The van der Waals surface area contributed by atoms with Crippen LogP contribution in [0.2, 0.25) is 0 Å². The average Bonchev–Trinajstić information content (AvgIpc) is 2.39. The largest absolute Gasteiger partial charge is 0.263 e. The Morgan fingerprint density at radius 1 is 0.882 bits per heavy atom. The summed E-state index contributed by atoms with van der Waals surface area (Å²) in [6.45, 7) is 1.76. The van der Waals surface area contributed by atoms with Gasteiger partial charge >= 0.3 is 0 Å². The van der Waals surface area contributed by atoms with Gasteiger partial charge in [0.15, 0.2) is 5.82 Å². The molecule has 1 aromatic carbocycles. The predicted octanol–water partition coefficient (Wildman–Crippen LogP) is 1.79. The van der Waals surface area contributed by atoms with Crippen molar-refractivity contribution in [1.29, 1.82) is 0 Å². The number of fused-ring (bicyclic) bond motifs is 1. The van der Waals surface area contributed by atoms with Gasteiger partial charge in [-0.2, -0.15) is 0 Å². The van der Waals surface area contributed by atoms with Crippen LogP contribution in [0.1, 0.15) is 5.82 Å². The standard InChI is InChI=1S/C12H9N5/c1-8-14-16-12(17-15-8)11-7-13-6-9-4-2-3-5-10(9)11/h2-7H,1H3. The third-order valence-corrected chi connectivity index (χ3v) is 2.49. The first-order valence-electron chi connectivity index (χ1n) is 5.22. The van der Waals surface area contributed by atoms with Crippen LogP contribution in [0.4, 0.5) is 0 Å². The fourth-order valence-corrected chi connectivity index (χ4v) is 1.68. The second-order valence-electron chi connectivity index (χ2n) is 3.68. The highest BCUT2D eigenvalue weighted by Gasteiger charge is 2.07. The monoisotopic (exact) mass is 223 g/mol. The molecule has 82 valence electrons. The summed E-state index contributed by atoms with van der Waals surface area (Å²) in [5.41, 5.74) is 0.850. The maximum absolute atomic E-state index is 4.18. The molecule has 5 heteroatoms. The van der Waals surface area contributed by atoms with E-state index in [1.54, 1.807) is 13.1 Å². The van der Waals surface area contributed by atoms with E-state index in [4.69, 9.17) is 0 Å². The van der Waals surface area contributed by atoms with Crippen LogP contribution in [0.15, 0.2) is 36.7 Å². The highest BCUT2D eigenvalue weighted by molar-refractivity contribution is 5.93. The van der Waals surface area contributed by atoms with Crippen molar-refractivity contribution in [2.75, 3.05) is 0 Å². The molecule has 3 aromatic rings. The number of pyridine rings is 1. The quantitative estimate of drug-likeness (QED) is 0.629. The van der Waals surface area contributed by atoms with Crippen LogP contribution in [-0.2, 0) is 0 Å². The minimum absolute atomic E-state index is 0.500. The van der Waals surface area contributed by atoms with Crippen molar-refractivity contribution >= 4 is 10.8 Å². The van der Waals surface area contributed by atoms with Crippen molar-refractivity contribution < 1.29 is 0 Å². The molecule has 0 aliphatic carbocycles. The maximum Gasteiger partial charge on any atom is 0.205 e. The van der Waals surface area contributed by atoms with Gasteiger partial charge < -0.3 is 0 Å². The highest BCUT2D eigenvalue weighted by atomic mass is 15.3. The molecule has 2 heterocycles. The van der Waals surface area contributed by atoms with Crippen LogP contribution in [0, 0.1) is 6.92 Å². The van der Waals surface area contributed by atoms with Crippen molar-refractivity contribution in [3.63, 3.8) is 0 Å². The second kappa shape index (κ2) is 3.86. The van der Waals surface area contributed by atoms with E-state index >= 15 is 0 Å². The molecule has 0 N–H and O–H groups in total. The molecule has 0 fully saturated rings. The molecule has 0 unspecified atom stereocenters. The van der Waals surface area contributed by atoms with E-state index in [1.807, 2.05) is 30.5 Å². The van der Waals surface area contributed by atoms with Gasteiger partial charge in [-0.3, -0.25) is 4.98 Å². The van der Waals surface area contributed by atoms with Gasteiger partial charge in [0, 0.05) is 23.3 Å². The summed E-state index contributed by atoms with van der Waals surface area (Å²) in [4.78, 5) is 4.18. The molecule has 0 saturated heterocycles. The van der Waals surface area contributed by atoms with E-state index < -0.39 is 0 Å². The van der Waals surface area contributed by atoms with E-state index in [1.165, 1.54) is 0 Å². The molecular weight excluding hydrogens is 214 g/mol. The molecule has 0 amide bonds. The molecule has 0 spiro atoms. The van der Waals surface area contributed by atoms with Gasteiger partial charge in [-0.1, -0.05) is 24.3 Å². The molecule has 0 saturated carbocycles.